The fourth-order valence-corrected chi connectivity index (χ4v) is 4.51. The number of aliphatic imine (C=N–C) groups is 1. The van der Waals surface area contributed by atoms with E-state index < -0.39 is 0 Å². The highest BCUT2D eigenvalue weighted by atomic mass is 32.1. The number of nitrogens with zero attached hydrogens (tertiary/aromatic N) is 2. The van der Waals surface area contributed by atoms with Gasteiger partial charge in [-0.3, -0.25) is 0 Å². The molecule has 1 unspecified atom stereocenters. The number of hydrogen-bond acceptors (Lipinski definition) is 4. The molecule has 0 bridgehead atoms. The molecule has 3 rings (SSSR count). The number of aryl methyl sites for hydroxylation is 1. The Hall–Kier alpha value is -2.42. The first-order valence-corrected chi connectivity index (χ1v) is 9.14. The van der Waals surface area contributed by atoms with Crippen LogP contribution in [0.4, 0.5) is 0 Å². The molecule has 1 aliphatic carbocycles. The van der Waals surface area contributed by atoms with Gasteiger partial charge in [-0.25, -0.2) is 4.99 Å². The van der Waals surface area contributed by atoms with Gasteiger partial charge in [0.05, 0.1) is 24.0 Å². The molecule has 2 aromatic rings. The molecule has 128 valence electrons. The van der Waals surface area contributed by atoms with Crippen molar-refractivity contribution in [2.75, 3.05) is 7.05 Å². The number of nitrogens with one attached hydrogen (secondary N) is 1. The van der Waals surface area contributed by atoms with Crippen LogP contribution < -0.4 is 11.1 Å². The summed E-state index contributed by atoms with van der Waals surface area (Å²) in [6, 6.07) is 10.7. The molecule has 1 saturated carbocycles. The van der Waals surface area contributed by atoms with Crippen LogP contribution in [-0.2, 0) is 0 Å². The maximum atomic E-state index is 9.26. The van der Waals surface area contributed by atoms with E-state index in [1.165, 1.54) is 11.2 Å². The Labute approximate surface area is 152 Å². The number of thiophene rings is 1. The summed E-state index contributed by atoms with van der Waals surface area (Å²) in [4.78, 5) is 5.49. The molecule has 4 nitrogen and oxygen atoms in total. The first kappa shape index (κ1) is 17.4. The van der Waals surface area contributed by atoms with Gasteiger partial charge in [-0.05, 0) is 61.0 Å². The topological polar surface area (TPSA) is 74.2 Å². The van der Waals surface area contributed by atoms with Crippen LogP contribution in [0.15, 0.2) is 46.9 Å². The Bertz CT molecular complexity index is 868. The third-order valence-corrected chi connectivity index (χ3v) is 6.03. The lowest BCUT2D eigenvalue weighted by Crippen LogP contribution is -2.26. The summed E-state index contributed by atoms with van der Waals surface area (Å²) in [5.41, 5.74) is 10.2. The Morgan fingerprint density at radius 1 is 1.44 bits per heavy atom. The average Bonchev–Trinajstić information content (AvgIpc) is 3.27. The molecular weight excluding hydrogens is 328 g/mol. The van der Waals surface area contributed by atoms with E-state index in [1.54, 1.807) is 11.3 Å². The monoisotopic (exact) mass is 350 g/mol. The lowest BCUT2D eigenvalue weighted by atomic mass is 9.91. The molecule has 5 heteroatoms. The van der Waals surface area contributed by atoms with Gasteiger partial charge in [0.15, 0.2) is 0 Å². The maximum Gasteiger partial charge on any atom is 0.0994 e. The van der Waals surface area contributed by atoms with Crippen LogP contribution in [0.5, 0.6) is 0 Å². The van der Waals surface area contributed by atoms with Crippen molar-refractivity contribution in [3.63, 3.8) is 0 Å². The zero-order chi connectivity index (χ0) is 18.0. The molecule has 0 aliphatic heterocycles. The van der Waals surface area contributed by atoms with Crippen molar-refractivity contribution in [1.82, 2.24) is 5.32 Å². The van der Waals surface area contributed by atoms with E-state index in [1.807, 2.05) is 26.1 Å². The summed E-state index contributed by atoms with van der Waals surface area (Å²) >= 11 is 1.73. The maximum absolute atomic E-state index is 9.26. The van der Waals surface area contributed by atoms with Crippen molar-refractivity contribution in [2.45, 2.75) is 25.8 Å². The summed E-state index contributed by atoms with van der Waals surface area (Å²) in [5.74, 6) is 0. The van der Waals surface area contributed by atoms with Gasteiger partial charge in [0.25, 0.3) is 0 Å². The predicted molar refractivity (Wildman–Crippen MR) is 104 cm³/mol. The van der Waals surface area contributed by atoms with Crippen LogP contribution in [-0.4, -0.2) is 13.4 Å². The van der Waals surface area contributed by atoms with Gasteiger partial charge in [0.1, 0.15) is 0 Å². The molecule has 25 heavy (non-hydrogen) atoms. The molecule has 1 heterocycles. The van der Waals surface area contributed by atoms with E-state index in [0.717, 1.165) is 40.8 Å². The van der Waals surface area contributed by atoms with E-state index in [0.29, 0.717) is 0 Å². The second kappa shape index (κ2) is 6.83. The Balaban J connectivity index is 1.93. The Kier molecular flexibility index (Phi) is 4.76. The standard InChI is InChI=1S/C20H22N4S/c1-13-4-5-15(8-16(13)10-21)17-9-18(25-11-17)19(23-3)20(6-7-20)14(2)24-12-22/h4-5,8-9,11-12,19,23H,2,6-7H2,1,3H3,(H2,22,24). The number of hydrogen-bond donors (Lipinski definition) is 2. The van der Waals surface area contributed by atoms with Crippen LogP contribution in [0.3, 0.4) is 0 Å². The van der Waals surface area contributed by atoms with Gasteiger partial charge in [-0.1, -0.05) is 18.7 Å². The summed E-state index contributed by atoms with van der Waals surface area (Å²) < 4.78 is 0. The summed E-state index contributed by atoms with van der Waals surface area (Å²) in [6.45, 7) is 6.08. The fraction of sp³-hybridized carbons (Fsp3) is 0.300. The SMILES string of the molecule is C=C(N=CN)C1(C(NC)c2cc(-c3ccc(C)c(C#N)c3)cs2)CC1. The van der Waals surface area contributed by atoms with Crippen LogP contribution in [0.25, 0.3) is 11.1 Å². The lowest BCUT2D eigenvalue weighted by Gasteiger charge is -2.25. The molecule has 0 saturated heterocycles. The van der Waals surface area contributed by atoms with Gasteiger partial charge >= 0.3 is 0 Å². The van der Waals surface area contributed by atoms with E-state index in [4.69, 9.17) is 5.73 Å². The van der Waals surface area contributed by atoms with E-state index in [9.17, 15) is 5.26 Å². The molecule has 3 N–H and O–H groups in total. The molecule has 0 amide bonds. The van der Waals surface area contributed by atoms with Crippen molar-refractivity contribution in [1.29, 1.82) is 5.26 Å². The highest BCUT2D eigenvalue weighted by Gasteiger charge is 2.52. The fourth-order valence-electron chi connectivity index (χ4n) is 3.37. The van der Waals surface area contributed by atoms with E-state index in [-0.39, 0.29) is 11.5 Å². The minimum Gasteiger partial charge on any atom is -0.390 e. The summed E-state index contributed by atoms with van der Waals surface area (Å²) in [5, 5.41) is 14.8. The minimum atomic E-state index is -0.0438. The van der Waals surface area contributed by atoms with Crippen molar-refractivity contribution < 1.29 is 0 Å². The lowest BCUT2D eigenvalue weighted by molar-refractivity contribution is 0.417. The van der Waals surface area contributed by atoms with Gasteiger partial charge in [-0.2, -0.15) is 5.26 Å². The zero-order valence-electron chi connectivity index (χ0n) is 14.5. The molecule has 1 aromatic heterocycles. The van der Waals surface area contributed by atoms with Crippen molar-refractivity contribution in [3.8, 4) is 17.2 Å². The number of nitriles is 1. The van der Waals surface area contributed by atoms with Gasteiger partial charge < -0.3 is 11.1 Å². The van der Waals surface area contributed by atoms with E-state index in [2.05, 4.69) is 40.5 Å². The molecular formula is C20H22N4S. The van der Waals surface area contributed by atoms with Gasteiger partial charge in [0.2, 0.25) is 0 Å². The molecule has 0 spiro atoms. The second-order valence-corrected chi connectivity index (χ2v) is 7.42. The van der Waals surface area contributed by atoms with Gasteiger partial charge in [-0.15, -0.1) is 11.3 Å². The molecule has 0 radical (unpaired) electrons. The quantitative estimate of drug-likeness (QED) is 0.607. The third-order valence-electron chi connectivity index (χ3n) is 5.03. The van der Waals surface area contributed by atoms with Crippen molar-refractivity contribution >= 4 is 17.7 Å². The molecule has 1 aromatic carbocycles. The second-order valence-electron chi connectivity index (χ2n) is 6.48. The number of benzene rings is 1. The number of nitrogens with two attached hydrogens (primary N) is 1. The highest BCUT2D eigenvalue weighted by Crippen LogP contribution is 2.60. The van der Waals surface area contributed by atoms with Crippen LogP contribution in [0, 0.1) is 23.7 Å². The third kappa shape index (κ3) is 3.11. The van der Waals surface area contributed by atoms with Crippen LogP contribution in [0.1, 0.15) is 34.9 Å². The summed E-state index contributed by atoms with van der Waals surface area (Å²) in [6.07, 6.45) is 3.45. The van der Waals surface area contributed by atoms with Crippen LogP contribution >= 0.6 is 11.3 Å². The van der Waals surface area contributed by atoms with Crippen LogP contribution in [0.2, 0.25) is 0 Å². The molecule has 1 fully saturated rings. The Morgan fingerprint density at radius 3 is 2.80 bits per heavy atom. The van der Waals surface area contributed by atoms with Crippen molar-refractivity contribution in [2.24, 2.45) is 16.1 Å². The van der Waals surface area contributed by atoms with Crippen molar-refractivity contribution in [3.05, 3.63) is 57.9 Å². The zero-order valence-corrected chi connectivity index (χ0v) is 15.4. The number of rotatable bonds is 6. The first-order valence-electron chi connectivity index (χ1n) is 8.26. The minimum absolute atomic E-state index is 0.0438. The average molecular weight is 350 g/mol. The first-order chi connectivity index (χ1) is 12.1. The highest BCUT2D eigenvalue weighted by molar-refractivity contribution is 7.10. The van der Waals surface area contributed by atoms with Gasteiger partial charge in [0, 0.05) is 16.0 Å². The summed E-state index contributed by atoms with van der Waals surface area (Å²) in [7, 11) is 1.98. The Morgan fingerprint density at radius 2 is 2.20 bits per heavy atom. The molecule has 1 atom stereocenters. The largest absolute Gasteiger partial charge is 0.390 e. The predicted octanol–water partition coefficient (Wildman–Crippen LogP) is 4.14. The normalized spacial score (nSPS) is 16.5. The van der Waals surface area contributed by atoms with E-state index >= 15 is 0 Å². The molecule has 1 aliphatic rings. The smallest absolute Gasteiger partial charge is 0.0994 e.